The Morgan fingerprint density at radius 2 is 1.62 bits per heavy atom. The van der Waals surface area contributed by atoms with Gasteiger partial charge in [-0.3, -0.25) is 0 Å². The van der Waals surface area contributed by atoms with Gasteiger partial charge in [-0.15, -0.1) is 0 Å². The van der Waals surface area contributed by atoms with E-state index in [0.717, 1.165) is 51.6 Å². The molecule has 94 valence electrons. The molecule has 2 atom stereocenters. The van der Waals surface area contributed by atoms with Crippen molar-refractivity contribution in [3.8, 4) is 0 Å². The molecule has 1 saturated carbocycles. The van der Waals surface area contributed by atoms with E-state index in [4.69, 9.17) is 0 Å². The molecule has 1 aliphatic carbocycles. The molecule has 0 bridgehead atoms. The van der Waals surface area contributed by atoms with Crippen LogP contribution in [0.25, 0.3) is 0 Å². The van der Waals surface area contributed by atoms with Crippen molar-refractivity contribution in [2.45, 2.75) is 69.7 Å². The molecular formula is C13H24FNO. The minimum absolute atomic E-state index is 0.119. The molecule has 1 saturated heterocycles. The third-order valence-electron chi connectivity index (χ3n) is 4.10. The van der Waals surface area contributed by atoms with E-state index in [2.05, 4.69) is 4.90 Å². The first-order valence-corrected chi connectivity index (χ1v) is 6.82. The lowest BCUT2D eigenvalue weighted by atomic mass is 9.93. The fourth-order valence-corrected chi connectivity index (χ4v) is 3.04. The van der Waals surface area contributed by atoms with Crippen LogP contribution in [-0.2, 0) is 0 Å². The van der Waals surface area contributed by atoms with Crippen LogP contribution in [-0.4, -0.2) is 41.4 Å². The molecule has 1 aliphatic heterocycles. The number of piperidine rings is 1. The molecule has 0 spiro atoms. The monoisotopic (exact) mass is 229 g/mol. The summed E-state index contributed by atoms with van der Waals surface area (Å²) in [4.78, 5) is 2.41. The summed E-state index contributed by atoms with van der Waals surface area (Å²) in [7, 11) is 0. The van der Waals surface area contributed by atoms with E-state index in [9.17, 15) is 9.50 Å². The summed E-state index contributed by atoms with van der Waals surface area (Å²) in [6.07, 6.45) is 7.14. The molecule has 2 aliphatic rings. The molecule has 3 heteroatoms. The topological polar surface area (TPSA) is 23.5 Å². The highest BCUT2D eigenvalue weighted by atomic mass is 19.1. The van der Waals surface area contributed by atoms with Crippen molar-refractivity contribution in [2.75, 3.05) is 13.1 Å². The number of aliphatic hydroxyl groups excluding tert-OH is 1. The summed E-state index contributed by atoms with van der Waals surface area (Å²) in [5.41, 5.74) is 0. The zero-order valence-electron chi connectivity index (χ0n) is 10.1. The van der Waals surface area contributed by atoms with Crippen LogP contribution >= 0.6 is 0 Å². The molecule has 1 N–H and O–H groups in total. The lowest BCUT2D eigenvalue weighted by Gasteiger charge is -2.37. The summed E-state index contributed by atoms with van der Waals surface area (Å²) in [5.74, 6) is 0. The Balaban J connectivity index is 1.85. The largest absolute Gasteiger partial charge is 0.393 e. The van der Waals surface area contributed by atoms with Gasteiger partial charge in [-0.1, -0.05) is 19.3 Å². The van der Waals surface area contributed by atoms with E-state index < -0.39 is 6.17 Å². The maximum Gasteiger partial charge on any atom is 0.102 e. The van der Waals surface area contributed by atoms with Gasteiger partial charge < -0.3 is 10.0 Å². The number of aliphatic hydroxyl groups is 1. The van der Waals surface area contributed by atoms with Gasteiger partial charge >= 0.3 is 0 Å². The van der Waals surface area contributed by atoms with Crippen LogP contribution in [0.1, 0.15) is 51.4 Å². The lowest BCUT2D eigenvalue weighted by Crippen LogP contribution is -2.44. The van der Waals surface area contributed by atoms with E-state index >= 15 is 0 Å². The maximum atomic E-state index is 13.6. The summed E-state index contributed by atoms with van der Waals surface area (Å²) in [6.45, 7) is 1.91. The van der Waals surface area contributed by atoms with Crippen molar-refractivity contribution >= 4 is 0 Å². The van der Waals surface area contributed by atoms with Gasteiger partial charge in [0.25, 0.3) is 0 Å². The number of alkyl halides is 1. The van der Waals surface area contributed by atoms with E-state index in [1.54, 1.807) is 0 Å². The Hall–Kier alpha value is -0.150. The molecule has 2 rings (SSSR count). The lowest BCUT2D eigenvalue weighted by molar-refractivity contribution is 0.0450. The van der Waals surface area contributed by atoms with Crippen LogP contribution in [0.5, 0.6) is 0 Å². The number of nitrogens with zero attached hydrogens (tertiary/aromatic N) is 1. The van der Waals surface area contributed by atoms with Gasteiger partial charge in [0.15, 0.2) is 0 Å². The summed E-state index contributed by atoms with van der Waals surface area (Å²) in [6, 6.07) is 0.433. The molecule has 2 fully saturated rings. The predicted octanol–water partition coefficient (Wildman–Crippen LogP) is 2.50. The van der Waals surface area contributed by atoms with E-state index in [-0.39, 0.29) is 6.10 Å². The minimum atomic E-state index is -0.600. The first-order valence-electron chi connectivity index (χ1n) is 6.82. The molecule has 0 amide bonds. The van der Waals surface area contributed by atoms with Gasteiger partial charge in [0.2, 0.25) is 0 Å². The third-order valence-corrected chi connectivity index (χ3v) is 4.10. The van der Waals surface area contributed by atoms with Gasteiger partial charge in [-0.2, -0.15) is 0 Å². The standard InChI is InChI=1S/C13H24FNO/c14-11-4-2-1-3-5-12(10-11)15-8-6-13(16)7-9-15/h11-13,16H,1-10H2. The molecule has 2 nitrogen and oxygen atoms in total. The highest BCUT2D eigenvalue weighted by Gasteiger charge is 2.27. The first kappa shape index (κ1) is 12.3. The van der Waals surface area contributed by atoms with Crippen LogP contribution in [0.15, 0.2) is 0 Å². The van der Waals surface area contributed by atoms with Gasteiger partial charge in [0.1, 0.15) is 6.17 Å². The van der Waals surface area contributed by atoms with Gasteiger partial charge in [-0.25, -0.2) is 4.39 Å². The second-order valence-electron chi connectivity index (χ2n) is 5.39. The normalized spacial score (nSPS) is 35.6. The summed E-state index contributed by atoms with van der Waals surface area (Å²) >= 11 is 0. The number of halogens is 1. The SMILES string of the molecule is OC1CCN(C2CCCCCC(F)C2)CC1. The molecule has 0 aromatic rings. The van der Waals surface area contributed by atoms with Crippen molar-refractivity contribution in [1.82, 2.24) is 4.90 Å². The third kappa shape index (κ3) is 3.42. The van der Waals surface area contributed by atoms with Gasteiger partial charge in [0.05, 0.1) is 6.10 Å². The molecule has 0 aromatic carbocycles. The fraction of sp³-hybridized carbons (Fsp3) is 1.00. The number of likely N-dealkylation sites (tertiary alicyclic amines) is 1. The van der Waals surface area contributed by atoms with Crippen molar-refractivity contribution in [3.05, 3.63) is 0 Å². The molecule has 1 heterocycles. The molecule has 0 aromatic heterocycles. The Kier molecular flexibility index (Phi) is 4.59. The van der Waals surface area contributed by atoms with E-state index in [1.807, 2.05) is 0 Å². The van der Waals surface area contributed by atoms with Crippen LogP contribution in [0.3, 0.4) is 0 Å². The number of hydrogen-bond donors (Lipinski definition) is 1. The second-order valence-corrected chi connectivity index (χ2v) is 5.39. The second kappa shape index (κ2) is 5.97. The summed E-state index contributed by atoms with van der Waals surface area (Å²) in [5, 5.41) is 9.48. The first-order chi connectivity index (χ1) is 7.75. The van der Waals surface area contributed by atoms with Crippen molar-refractivity contribution in [3.63, 3.8) is 0 Å². The molecule has 2 unspecified atom stereocenters. The fourth-order valence-electron chi connectivity index (χ4n) is 3.04. The summed E-state index contributed by atoms with van der Waals surface area (Å²) < 4.78 is 13.6. The number of hydrogen-bond acceptors (Lipinski definition) is 2. The smallest absolute Gasteiger partial charge is 0.102 e. The Morgan fingerprint density at radius 1 is 0.938 bits per heavy atom. The van der Waals surface area contributed by atoms with Crippen molar-refractivity contribution in [2.24, 2.45) is 0 Å². The zero-order chi connectivity index (χ0) is 11.4. The van der Waals surface area contributed by atoms with Crippen LogP contribution in [0, 0.1) is 0 Å². The van der Waals surface area contributed by atoms with Crippen LogP contribution in [0.2, 0.25) is 0 Å². The maximum absolute atomic E-state index is 13.6. The van der Waals surface area contributed by atoms with Gasteiger partial charge in [0, 0.05) is 19.1 Å². The van der Waals surface area contributed by atoms with Crippen LogP contribution < -0.4 is 0 Å². The van der Waals surface area contributed by atoms with E-state index in [1.165, 1.54) is 12.8 Å². The predicted molar refractivity (Wildman–Crippen MR) is 63.2 cm³/mol. The van der Waals surface area contributed by atoms with Crippen molar-refractivity contribution < 1.29 is 9.50 Å². The minimum Gasteiger partial charge on any atom is -0.393 e. The van der Waals surface area contributed by atoms with Crippen LogP contribution in [0.4, 0.5) is 4.39 Å². The highest BCUT2D eigenvalue weighted by molar-refractivity contribution is 4.81. The Morgan fingerprint density at radius 3 is 2.38 bits per heavy atom. The molecular weight excluding hydrogens is 205 g/mol. The van der Waals surface area contributed by atoms with E-state index in [0.29, 0.717) is 6.04 Å². The Bertz CT molecular complexity index is 204. The number of rotatable bonds is 1. The molecule has 0 radical (unpaired) electrons. The average molecular weight is 229 g/mol. The quantitative estimate of drug-likeness (QED) is 0.747. The average Bonchev–Trinajstić information content (AvgIpc) is 2.24. The van der Waals surface area contributed by atoms with Crippen molar-refractivity contribution in [1.29, 1.82) is 0 Å². The molecule has 16 heavy (non-hydrogen) atoms. The zero-order valence-corrected chi connectivity index (χ0v) is 10.1. The van der Waals surface area contributed by atoms with Gasteiger partial charge in [-0.05, 0) is 32.1 Å². The highest BCUT2D eigenvalue weighted by Crippen LogP contribution is 2.25. The Labute approximate surface area is 97.8 Å².